The summed E-state index contributed by atoms with van der Waals surface area (Å²) in [5.41, 5.74) is 6.98. The summed E-state index contributed by atoms with van der Waals surface area (Å²) in [7, 11) is 0. The van der Waals surface area contributed by atoms with E-state index in [-0.39, 0.29) is 31.1 Å². The number of nitrogens with one attached hydrogen (secondary N) is 2. The summed E-state index contributed by atoms with van der Waals surface area (Å²) in [5, 5.41) is 4.72. The number of hydrogen-bond donors (Lipinski definition) is 2. The van der Waals surface area contributed by atoms with Crippen molar-refractivity contribution in [1.82, 2.24) is 20.1 Å². The minimum absolute atomic E-state index is 0.0338. The molecule has 0 bridgehead atoms. The third-order valence-corrected chi connectivity index (χ3v) is 10.6. The molecule has 0 spiro atoms. The lowest BCUT2D eigenvalue weighted by atomic mass is 9.95. The van der Waals surface area contributed by atoms with Crippen LogP contribution in [0.3, 0.4) is 0 Å². The van der Waals surface area contributed by atoms with Crippen LogP contribution in [0.1, 0.15) is 65.7 Å². The molecule has 1 aliphatic carbocycles. The third-order valence-electron chi connectivity index (χ3n) is 10.3. The number of ether oxygens (including phenoxy) is 1. The van der Waals surface area contributed by atoms with Crippen molar-refractivity contribution in [2.45, 2.75) is 44.7 Å². The number of piperidine rings is 1. The smallest absolute Gasteiger partial charge is 0.409 e. The Morgan fingerprint density at radius 2 is 1.57 bits per heavy atom. The largest absolute Gasteiger partial charge is 0.448 e. The lowest BCUT2D eigenvalue weighted by Gasteiger charge is -2.37. The van der Waals surface area contributed by atoms with Gasteiger partial charge in [0.1, 0.15) is 6.61 Å². The van der Waals surface area contributed by atoms with Gasteiger partial charge in [-0.2, -0.15) is 0 Å². The van der Waals surface area contributed by atoms with Crippen LogP contribution in [0.4, 0.5) is 4.79 Å². The molecular formula is C41H43ClN4O3. The van der Waals surface area contributed by atoms with Crippen LogP contribution in [0, 0.1) is 5.92 Å². The fourth-order valence-corrected chi connectivity index (χ4v) is 7.71. The molecule has 1 saturated heterocycles. The van der Waals surface area contributed by atoms with Crippen molar-refractivity contribution in [3.8, 4) is 11.1 Å². The van der Waals surface area contributed by atoms with Crippen LogP contribution in [-0.4, -0.2) is 65.6 Å². The zero-order valence-electron chi connectivity index (χ0n) is 28.1. The third kappa shape index (κ3) is 7.10. The van der Waals surface area contributed by atoms with E-state index < -0.39 is 6.04 Å². The van der Waals surface area contributed by atoms with E-state index in [2.05, 4.69) is 65.4 Å². The fraction of sp³-hybridized carbons (Fsp3) is 0.317. The van der Waals surface area contributed by atoms with Gasteiger partial charge < -0.3 is 24.8 Å². The summed E-state index contributed by atoms with van der Waals surface area (Å²) in [6.07, 6.45) is 3.38. The Hall–Kier alpha value is -4.59. The second kappa shape index (κ2) is 14.5. The highest BCUT2D eigenvalue weighted by Crippen LogP contribution is 2.44. The second-order valence-corrected chi connectivity index (χ2v) is 14.0. The number of H-pyrrole nitrogens is 1. The Bertz CT molecular complexity index is 1890. The van der Waals surface area contributed by atoms with Gasteiger partial charge in [0.25, 0.3) is 5.91 Å². The Morgan fingerprint density at radius 3 is 2.24 bits per heavy atom. The van der Waals surface area contributed by atoms with Gasteiger partial charge >= 0.3 is 6.09 Å². The van der Waals surface area contributed by atoms with E-state index in [0.717, 1.165) is 42.4 Å². The molecule has 1 unspecified atom stereocenters. The van der Waals surface area contributed by atoms with E-state index in [4.69, 9.17) is 16.3 Å². The average Bonchev–Trinajstić information content (AvgIpc) is 3.67. The number of rotatable bonds is 10. The molecule has 2 heterocycles. The van der Waals surface area contributed by atoms with Gasteiger partial charge in [-0.15, -0.1) is 0 Å². The van der Waals surface area contributed by atoms with E-state index in [1.54, 1.807) is 12.3 Å². The molecular weight excluding hydrogens is 632 g/mol. The number of carbonyl (C=O) groups excluding carboxylic acids is 2. The van der Waals surface area contributed by atoms with Gasteiger partial charge in [-0.3, -0.25) is 4.79 Å². The minimum Gasteiger partial charge on any atom is -0.448 e. The lowest BCUT2D eigenvalue weighted by molar-refractivity contribution is 0.0739. The van der Waals surface area contributed by atoms with Crippen LogP contribution in [-0.2, 0) is 4.74 Å². The molecule has 1 atom stereocenters. The van der Waals surface area contributed by atoms with Crippen molar-refractivity contribution < 1.29 is 14.3 Å². The van der Waals surface area contributed by atoms with Gasteiger partial charge in [-0.1, -0.05) is 96.5 Å². The maximum atomic E-state index is 14.2. The van der Waals surface area contributed by atoms with Gasteiger partial charge in [0.2, 0.25) is 0 Å². The van der Waals surface area contributed by atoms with Crippen molar-refractivity contribution in [2.24, 2.45) is 5.92 Å². The summed E-state index contributed by atoms with van der Waals surface area (Å²) in [4.78, 5) is 35.4. The molecule has 7 nitrogen and oxygen atoms in total. The monoisotopic (exact) mass is 674 g/mol. The number of carbonyl (C=O) groups is 2. The summed E-state index contributed by atoms with van der Waals surface area (Å²) < 4.78 is 6.23. The molecule has 0 saturated carbocycles. The first kappa shape index (κ1) is 32.9. The highest BCUT2D eigenvalue weighted by molar-refractivity contribution is 6.35. The van der Waals surface area contributed by atoms with E-state index >= 15 is 0 Å². The van der Waals surface area contributed by atoms with Gasteiger partial charge in [-0.05, 0) is 85.6 Å². The maximum absolute atomic E-state index is 14.2. The molecule has 1 aliphatic heterocycles. The standard InChI is InChI=1S/C41H43ClN4O3/c1-27(2)45-20-18-28(19-21-45)24-46(41(48)49-26-36-33-14-8-6-12-31(33)32-13-7-9-15-34(32)36)25-39(29-10-4-3-5-11-29)44-40(47)30-16-17-35-37(42)23-43-38(35)22-30/h3-17,22-23,27-28,36,39,43H,18-21,24-26H2,1-2H3,(H,44,47). The second-order valence-electron chi connectivity index (χ2n) is 13.6. The molecule has 2 amide bonds. The number of hydrogen-bond acceptors (Lipinski definition) is 4. The Morgan fingerprint density at radius 1 is 0.918 bits per heavy atom. The minimum atomic E-state index is -0.451. The Kier molecular flexibility index (Phi) is 9.74. The molecule has 0 radical (unpaired) electrons. The molecule has 5 aromatic rings. The van der Waals surface area contributed by atoms with E-state index in [0.29, 0.717) is 29.1 Å². The SMILES string of the molecule is CC(C)N1CCC(CN(CC(NC(=O)c2ccc3c(Cl)c[nH]c3c2)c2ccccc2)C(=O)OCC2c3ccccc3-c3ccccc32)CC1. The fourth-order valence-electron chi connectivity index (χ4n) is 7.49. The molecule has 252 valence electrons. The molecule has 2 aliphatic rings. The number of fused-ring (bicyclic) bond motifs is 4. The van der Waals surface area contributed by atoms with Crippen molar-refractivity contribution >= 4 is 34.5 Å². The van der Waals surface area contributed by atoms with Crippen LogP contribution in [0.15, 0.2) is 103 Å². The van der Waals surface area contributed by atoms with E-state index in [1.165, 1.54) is 22.3 Å². The molecule has 1 aromatic heterocycles. The van der Waals surface area contributed by atoms with Gasteiger partial charge in [0.15, 0.2) is 0 Å². The number of nitrogens with zero attached hydrogens (tertiary/aromatic N) is 2. The summed E-state index contributed by atoms with van der Waals surface area (Å²) in [6, 6.07) is 32.1. The summed E-state index contributed by atoms with van der Waals surface area (Å²) in [5.74, 6) is 0.0790. The van der Waals surface area contributed by atoms with E-state index in [1.807, 2.05) is 59.5 Å². The number of aromatic nitrogens is 1. The summed E-state index contributed by atoms with van der Waals surface area (Å²) >= 11 is 6.29. The predicted octanol–water partition coefficient (Wildman–Crippen LogP) is 8.66. The number of benzene rings is 4. The van der Waals surface area contributed by atoms with Crippen LogP contribution in [0.5, 0.6) is 0 Å². The van der Waals surface area contributed by atoms with Crippen LogP contribution < -0.4 is 5.32 Å². The number of halogens is 1. The molecule has 2 N–H and O–H groups in total. The Labute approximate surface area is 293 Å². The van der Waals surface area contributed by atoms with Crippen LogP contribution in [0.2, 0.25) is 5.02 Å². The van der Waals surface area contributed by atoms with Gasteiger partial charge in [0, 0.05) is 47.7 Å². The zero-order valence-corrected chi connectivity index (χ0v) is 28.8. The molecule has 4 aromatic carbocycles. The van der Waals surface area contributed by atoms with Crippen molar-refractivity contribution in [2.75, 3.05) is 32.8 Å². The molecule has 7 rings (SSSR count). The van der Waals surface area contributed by atoms with E-state index in [9.17, 15) is 9.59 Å². The van der Waals surface area contributed by atoms with Crippen molar-refractivity contribution in [3.05, 3.63) is 131 Å². The topological polar surface area (TPSA) is 77.7 Å². The highest BCUT2D eigenvalue weighted by Gasteiger charge is 2.32. The zero-order chi connectivity index (χ0) is 33.9. The quantitative estimate of drug-likeness (QED) is 0.155. The van der Waals surface area contributed by atoms with Crippen molar-refractivity contribution in [3.63, 3.8) is 0 Å². The molecule has 8 heteroatoms. The molecule has 49 heavy (non-hydrogen) atoms. The molecule has 1 fully saturated rings. The first-order chi connectivity index (χ1) is 23.9. The highest BCUT2D eigenvalue weighted by atomic mass is 35.5. The van der Waals surface area contributed by atoms with Gasteiger partial charge in [0.05, 0.1) is 11.1 Å². The van der Waals surface area contributed by atoms with Gasteiger partial charge in [-0.25, -0.2) is 4.79 Å². The first-order valence-corrected chi connectivity index (χ1v) is 17.7. The first-order valence-electron chi connectivity index (χ1n) is 17.3. The Balaban J connectivity index is 1.13. The number of likely N-dealkylation sites (tertiary alicyclic amines) is 1. The van der Waals surface area contributed by atoms with Crippen LogP contribution >= 0.6 is 11.6 Å². The number of amides is 2. The maximum Gasteiger partial charge on any atom is 0.409 e. The number of aromatic amines is 1. The average molecular weight is 675 g/mol. The summed E-state index contributed by atoms with van der Waals surface area (Å²) in [6.45, 7) is 7.57. The normalized spacial score (nSPS) is 15.6. The van der Waals surface area contributed by atoms with Crippen LogP contribution in [0.25, 0.3) is 22.0 Å². The lowest BCUT2D eigenvalue weighted by Crippen LogP contribution is -2.46. The van der Waals surface area contributed by atoms with Crippen molar-refractivity contribution in [1.29, 1.82) is 0 Å². The predicted molar refractivity (Wildman–Crippen MR) is 196 cm³/mol.